The molecule has 1 aliphatic carbocycles. The molecule has 0 bridgehead atoms. The summed E-state index contributed by atoms with van der Waals surface area (Å²) in [7, 11) is 1.37. The summed E-state index contributed by atoms with van der Waals surface area (Å²) < 4.78 is 45.2. The predicted molar refractivity (Wildman–Crippen MR) is 196 cm³/mol. The van der Waals surface area contributed by atoms with E-state index >= 15 is 0 Å². The van der Waals surface area contributed by atoms with Gasteiger partial charge >= 0.3 is 6.18 Å². The zero-order valence-corrected chi connectivity index (χ0v) is 28.3. The Balaban J connectivity index is 1.20. The molecule has 0 saturated carbocycles. The first-order valence-corrected chi connectivity index (χ1v) is 16.1. The SMILES string of the molecule is COc1ccc(C(=O)Nc2cc(C(F)(F)F)ccc2Cl)cc1N/N=C1\C(=O)C(C(=O)Nc2ccc(NC(=O)c3ccccc3)cc2)=Cc2ccccc21. The van der Waals surface area contributed by atoms with E-state index in [0.717, 1.165) is 18.2 Å². The van der Waals surface area contributed by atoms with Gasteiger partial charge in [-0.3, -0.25) is 24.6 Å². The van der Waals surface area contributed by atoms with Crippen LogP contribution in [0.15, 0.2) is 126 Å². The van der Waals surface area contributed by atoms with Crippen molar-refractivity contribution in [3.63, 3.8) is 0 Å². The van der Waals surface area contributed by atoms with Crippen LogP contribution in [-0.2, 0) is 15.8 Å². The van der Waals surface area contributed by atoms with Gasteiger partial charge in [-0.05, 0) is 84.4 Å². The summed E-state index contributed by atoms with van der Waals surface area (Å²) in [5.74, 6) is -2.27. The number of fused-ring (bicyclic) bond motifs is 1. The summed E-state index contributed by atoms with van der Waals surface area (Å²) in [5, 5.41) is 12.1. The molecule has 10 nitrogen and oxygen atoms in total. The minimum atomic E-state index is -4.65. The van der Waals surface area contributed by atoms with E-state index in [-0.39, 0.29) is 44.9 Å². The quantitative estimate of drug-likeness (QED) is 0.0888. The van der Waals surface area contributed by atoms with Gasteiger partial charge in [0, 0.05) is 28.1 Å². The van der Waals surface area contributed by atoms with Gasteiger partial charge in [0.25, 0.3) is 17.7 Å². The van der Waals surface area contributed by atoms with Crippen LogP contribution in [0, 0.1) is 0 Å². The third kappa shape index (κ3) is 8.26. The van der Waals surface area contributed by atoms with Crippen LogP contribution in [0.3, 0.4) is 0 Å². The molecule has 0 aliphatic heterocycles. The van der Waals surface area contributed by atoms with Crippen molar-refractivity contribution in [2.24, 2.45) is 5.10 Å². The number of carbonyl (C=O) groups excluding carboxylic acids is 4. The second-order valence-corrected chi connectivity index (χ2v) is 11.9. The molecule has 14 heteroatoms. The Labute approximate surface area is 305 Å². The average molecular weight is 738 g/mol. The van der Waals surface area contributed by atoms with Gasteiger partial charge in [0.15, 0.2) is 0 Å². The molecule has 6 rings (SSSR count). The number of ether oxygens (including phenoxy) is 1. The molecule has 0 saturated heterocycles. The van der Waals surface area contributed by atoms with Crippen molar-refractivity contribution in [3.05, 3.63) is 154 Å². The van der Waals surface area contributed by atoms with Gasteiger partial charge in [-0.1, -0.05) is 54.1 Å². The van der Waals surface area contributed by atoms with Crippen LogP contribution in [0.2, 0.25) is 5.02 Å². The number of methoxy groups -OCH3 is 1. The van der Waals surface area contributed by atoms with Crippen LogP contribution in [0.1, 0.15) is 37.4 Å². The summed E-state index contributed by atoms with van der Waals surface area (Å²) in [5.41, 5.74) is 3.62. The van der Waals surface area contributed by atoms with E-state index in [9.17, 15) is 32.3 Å². The lowest BCUT2D eigenvalue weighted by atomic mass is 9.89. The van der Waals surface area contributed by atoms with Crippen LogP contribution >= 0.6 is 11.6 Å². The molecule has 0 fully saturated rings. The highest BCUT2D eigenvalue weighted by molar-refractivity contribution is 6.59. The monoisotopic (exact) mass is 737 g/mol. The van der Waals surface area contributed by atoms with Gasteiger partial charge in [-0.15, -0.1) is 0 Å². The van der Waals surface area contributed by atoms with E-state index in [1.807, 2.05) is 0 Å². The number of anilines is 4. The maximum atomic E-state index is 13.8. The fourth-order valence-corrected chi connectivity index (χ4v) is 5.43. The average Bonchev–Trinajstić information content (AvgIpc) is 3.15. The first-order valence-electron chi connectivity index (χ1n) is 15.7. The van der Waals surface area contributed by atoms with Crippen molar-refractivity contribution >= 4 is 69.6 Å². The number of amides is 3. The number of rotatable bonds is 9. The molecule has 266 valence electrons. The van der Waals surface area contributed by atoms with E-state index in [2.05, 4.69) is 26.5 Å². The highest BCUT2D eigenvalue weighted by Crippen LogP contribution is 2.34. The van der Waals surface area contributed by atoms with Crippen molar-refractivity contribution in [3.8, 4) is 5.75 Å². The minimum absolute atomic E-state index is 0.00274. The molecular weight excluding hydrogens is 711 g/mol. The third-order valence-electron chi connectivity index (χ3n) is 7.95. The Kier molecular flexibility index (Phi) is 10.4. The number of carbonyl (C=O) groups is 4. The molecule has 0 aromatic heterocycles. The molecule has 0 atom stereocenters. The number of nitrogens with one attached hydrogen (secondary N) is 4. The van der Waals surface area contributed by atoms with E-state index in [1.54, 1.807) is 78.9 Å². The maximum absolute atomic E-state index is 13.8. The van der Waals surface area contributed by atoms with Gasteiger partial charge in [-0.25, -0.2) is 0 Å². The smallest absolute Gasteiger partial charge is 0.416 e. The number of hydrazone groups is 1. The number of hydrogen-bond donors (Lipinski definition) is 4. The Hall–Kier alpha value is -6.73. The molecule has 0 spiro atoms. The largest absolute Gasteiger partial charge is 0.495 e. The van der Waals surface area contributed by atoms with Gasteiger partial charge in [0.05, 0.1) is 34.6 Å². The van der Waals surface area contributed by atoms with Crippen molar-refractivity contribution in [1.82, 2.24) is 0 Å². The number of halogens is 4. The number of alkyl halides is 3. The van der Waals surface area contributed by atoms with Crippen molar-refractivity contribution in [1.29, 1.82) is 0 Å². The van der Waals surface area contributed by atoms with Crippen LogP contribution in [0.4, 0.5) is 35.9 Å². The standard InChI is InChI=1S/C39H27ClF3N5O5/c1-53-33-18-11-24(37(51)46-31-21-25(39(41,42)43)12-17-30(31)40)20-32(33)47-48-34-28-10-6-5-9-23(28)19-29(35(34)49)38(52)45-27-15-13-26(14-16-27)44-36(50)22-7-3-2-4-8-22/h2-21,47H,1H3,(H,44,50)(H,45,52)(H,46,51)/b48-34-. The molecule has 3 amide bonds. The summed E-state index contributed by atoms with van der Waals surface area (Å²) in [4.78, 5) is 52.8. The summed E-state index contributed by atoms with van der Waals surface area (Å²) in [6.45, 7) is 0. The highest BCUT2D eigenvalue weighted by atomic mass is 35.5. The Bertz CT molecular complexity index is 2310. The zero-order chi connectivity index (χ0) is 37.7. The lowest BCUT2D eigenvalue weighted by molar-refractivity contribution is -0.137. The van der Waals surface area contributed by atoms with Gasteiger partial charge < -0.3 is 20.7 Å². The molecule has 5 aromatic rings. The minimum Gasteiger partial charge on any atom is -0.495 e. The van der Waals surface area contributed by atoms with E-state index < -0.39 is 29.3 Å². The highest BCUT2D eigenvalue weighted by Gasteiger charge is 2.32. The van der Waals surface area contributed by atoms with Crippen molar-refractivity contribution < 1.29 is 37.1 Å². The molecule has 4 N–H and O–H groups in total. The second-order valence-electron chi connectivity index (χ2n) is 11.5. The summed E-state index contributed by atoms with van der Waals surface area (Å²) in [6.07, 6.45) is -3.20. The molecule has 53 heavy (non-hydrogen) atoms. The normalized spacial score (nSPS) is 13.0. The summed E-state index contributed by atoms with van der Waals surface area (Å²) >= 11 is 6.06. The number of ketones is 1. The van der Waals surface area contributed by atoms with E-state index in [1.165, 1.54) is 31.4 Å². The molecule has 1 aliphatic rings. The first kappa shape index (κ1) is 36.1. The zero-order valence-electron chi connectivity index (χ0n) is 27.5. The second kappa shape index (κ2) is 15.3. The predicted octanol–water partition coefficient (Wildman–Crippen LogP) is 8.29. The van der Waals surface area contributed by atoms with Crippen LogP contribution in [0.5, 0.6) is 5.75 Å². The Morgan fingerprint density at radius 2 is 1.34 bits per heavy atom. The number of Topliss-reactive ketones (excluding diaryl/α,β-unsaturated/α-hetero) is 1. The Morgan fingerprint density at radius 1 is 0.698 bits per heavy atom. The fraction of sp³-hybridized carbons (Fsp3) is 0.0513. The maximum Gasteiger partial charge on any atom is 0.416 e. The summed E-state index contributed by atoms with van der Waals surface area (Å²) in [6, 6.07) is 28.5. The van der Waals surface area contributed by atoms with Gasteiger partial charge in [-0.2, -0.15) is 18.3 Å². The lowest BCUT2D eigenvalue weighted by Gasteiger charge is -2.18. The Morgan fingerprint density at radius 3 is 2.02 bits per heavy atom. The van der Waals surface area contributed by atoms with Crippen LogP contribution in [0.25, 0.3) is 6.08 Å². The molecule has 0 heterocycles. The first-order chi connectivity index (χ1) is 25.4. The van der Waals surface area contributed by atoms with Crippen molar-refractivity contribution in [2.45, 2.75) is 6.18 Å². The molecule has 0 radical (unpaired) electrons. The third-order valence-corrected chi connectivity index (χ3v) is 8.28. The number of hydrogen-bond acceptors (Lipinski definition) is 7. The lowest BCUT2D eigenvalue weighted by Crippen LogP contribution is -2.30. The molecule has 0 unspecified atom stereocenters. The van der Waals surface area contributed by atoms with Gasteiger partial charge in [0.2, 0.25) is 5.78 Å². The molecule has 5 aromatic carbocycles. The molecular formula is C39H27ClF3N5O5. The number of benzene rings is 5. The fourth-order valence-electron chi connectivity index (χ4n) is 5.26. The van der Waals surface area contributed by atoms with E-state index in [4.69, 9.17) is 16.3 Å². The van der Waals surface area contributed by atoms with Crippen LogP contribution < -0.4 is 26.1 Å². The van der Waals surface area contributed by atoms with Crippen LogP contribution in [-0.4, -0.2) is 36.3 Å². The topological polar surface area (TPSA) is 138 Å². The van der Waals surface area contributed by atoms with E-state index in [0.29, 0.717) is 28.1 Å². The van der Waals surface area contributed by atoms with Crippen molar-refractivity contribution in [2.75, 3.05) is 28.5 Å². The van der Waals surface area contributed by atoms with Gasteiger partial charge in [0.1, 0.15) is 11.5 Å². The number of nitrogens with zero attached hydrogens (tertiary/aromatic N) is 1.